The van der Waals surface area contributed by atoms with Gasteiger partial charge in [-0.1, -0.05) is 6.07 Å². The molecule has 1 aliphatic heterocycles. The summed E-state index contributed by atoms with van der Waals surface area (Å²) in [5.74, 6) is 0.495. The van der Waals surface area contributed by atoms with Crippen molar-refractivity contribution >= 4 is 11.6 Å². The van der Waals surface area contributed by atoms with Crippen LogP contribution in [-0.4, -0.2) is 15.7 Å². The highest BCUT2D eigenvalue weighted by Crippen LogP contribution is 2.39. The van der Waals surface area contributed by atoms with Crippen molar-refractivity contribution < 1.29 is 4.79 Å². The zero-order valence-electron chi connectivity index (χ0n) is 10.3. The van der Waals surface area contributed by atoms with Gasteiger partial charge in [0.2, 0.25) is 5.91 Å². The summed E-state index contributed by atoms with van der Waals surface area (Å²) in [6.07, 6.45) is 4.45. The number of fused-ring (bicyclic) bond motifs is 1. The molecule has 1 amide bonds. The lowest BCUT2D eigenvalue weighted by molar-refractivity contribution is -0.116. The fourth-order valence-corrected chi connectivity index (χ4v) is 2.50. The molecule has 5 heteroatoms. The van der Waals surface area contributed by atoms with Crippen molar-refractivity contribution in [1.82, 2.24) is 9.78 Å². The van der Waals surface area contributed by atoms with E-state index in [0.717, 1.165) is 22.6 Å². The van der Waals surface area contributed by atoms with E-state index in [1.54, 1.807) is 0 Å². The lowest BCUT2D eigenvalue weighted by Gasteiger charge is -2.05. The molecular formula is C14H14N4O. The van der Waals surface area contributed by atoms with Crippen LogP contribution in [0.2, 0.25) is 0 Å². The van der Waals surface area contributed by atoms with Crippen molar-refractivity contribution in [2.75, 3.05) is 5.32 Å². The monoisotopic (exact) mass is 254 g/mol. The third-order valence-electron chi connectivity index (χ3n) is 3.78. The van der Waals surface area contributed by atoms with E-state index in [1.807, 2.05) is 29.1 Å². The molecule has 1 atom stereocenters. The molecule has 4 rings (SSSR count). The Morgan fingerprint density at radius 3 is 2.95 bits per heavy atom. The predicted molar refractivity (Wildman–Crippen MR) is 71.1 cm³/mol. The van der Waals surface area contributed by atoms with Crippen LogP contribution in [0.4, 0.5) is 5.69 Å². The van der Waals surface area contributed by atoms with Crippen molar-refractivity contribution in [3.05, 3.63) is 41.7 Å². The molecule has 3 N–H and O–H groups in total. The predicted octanol–water partition coefficient (Wildman–Crippen LogP) is 1.70. The SMILES string of the molecule is NC1C(=O)Nc2cc(-n3ccc(C4CC4)n3)ccc21. The summed E-state index contributed by atoms with van der Waals surface area (Å²) in [7, 11) is 0. The van der Waals surface area contributed by atoms with Crippen LogP contribution < -0.4 is 11.1 Å². The van der Waals surface area contributed by atoms with Gasteiger partial charge >= 0.3 is 0 Å². The number of hydrogen-bond donors (Lipinski definition) is 2. The van der Waals surface area contributed by atoms with Gasteiger partial charge in [0.25, 0.3) is 0 Å². The Morgan fingerprint density at radius 2 is 2.16 bits per heavy atom. The van der Waals surface area contributed by atoms with Crippen molar-refractivity contribution in [3.8, 4) is 5.69 Å². The van der Waals surface area contributed by atoms with E-state index in [1.165, 1.54) is 12.8 Å². The minimum absolute atomic E-state index is 0.147. The van der Waals surface area contributed by atoms with E-state index in [0.29, 0.717) is 5.92 Å². The molecule has 1 fully saturated rings. The maximum Gasteiger partial charge on any atom is 0.245 e. The Labute approximate surface area is 110 Å². The van der Waals surface area contributed by atoms with Crippen LogP contribution in [0.1, 0.15) is 36.1 Å². The van der Waals surface area contributed by atoms with Crippen molar-refractivity contribution in [2.45, 2.75) is 24.8 Å². The van der Waals surface area contributed by atoms with E-state index in [2.05, 4.69) is 16.5 Å². The maximum atomic E-state index is 11.5. The zero-order valence-corrected chi connectivity index (χ0v) is 10.3. The molecule has 2 aliphatic rings. The topological polar surface area (TPSA) is 72.9 Å². The third-order valence-corrected chi connectivity index (χ3v) is 3.78. The number of anilines is 1. The Hall–Kier alpha value is -2.14. The molecule has 1 aromatic carbocycles. The molecule has 2 heterocycles. The van der Waals surface area contributed by atoms with Gasteiger partial charge in [-0.05, 0) is 31.0 Å². The fraction of sp³-hybridized carbons (Fsp3) is 0.286. The van der Waals surface area contributed by atoms with Gasteiger partial charge in [-0.15, -0.1) is 0 Å². The minimum atomic E-state index is -0.552. The summed E-state index contributed by atoms with van der Waals surface area (Å²) in [5.41, 5.74) is 9.54. The Kier molecular flexibility index (Phi) is 2.08. The highest BCUT2D eigenvalue weighted by molar-refractivity contribution is 6.02. The Bertz CT molecular complexity index is 672. The van der Waals surface area contributed by atoms with Gasteiger partial charge in [0.05, 0.1) is 11.4 Å². The maximum absolute atomic E-state index is 11.5. The number of aromatic nitrogens is 2. The standard InChI is InChI=1S/C14H14N4O/c15-13-10-4-3-9(7-12(10)16-14(13)19)18-6-5-11(17-18)8-1-2-8/h3-8,13H,1-2,15H2,(H,16,19). The number of nitrogens with two attached hydrogens (primary N) is 1. The van der Waals surface area contributed by atoms with Crippen LogP contribution in [0.5, 0.6) is 0 Å². The fourth-order valence-electron chi connectivity index (χ4n) is 2.50. The third kappa shape index (κ3) is 1.66. The minimum Gasteiger partial charge on any atom is -0.324 e. The molecule has 1 unspecified atom stereocenters. The molecule has 1 aliphatic carbocycles. The van der Waals surface area contributed by atoms with Crippen LogP contribution in [0.25, 0.3) is 5.69 Å². The first kappa shape index (κ1) is 10.8. The highest BCUT2D eigenvalue weighted by Gasteiger charge is 2.28. The summed E-state index contributed by atoms with van der Waals surface area (Å²) in [4.78, 5) is 11.5. The second-order valence-electron chi connectivity index (χ2n) is 5.20. The van der Waals surface area contributed by atoms with Gasteiger partial charge in [0.1, 0.15) is 6.04 Å². The van der Waals surface area contributed by atoms with Gasteiger partial charge in [-0.2, -0.15) is 5.10 Å². The number of carbonyl (C=O) groups is 1. The van der Waals surface area contributed by atoms with Gasteiger partial charge in [0, 0.05) is 23.4 Å². The summed E-state index contributed by atoms with van der Waals surface area (Å²) in [6, 6.07) is 7.27. The summed E-state index contributed by atoms with van der Waals surface area (Å²) >= 11 is 0. The summed E-state index contributed by atoms with van der Waals surface area (Å²) in [6.45, 7) is 0. The molecular weight excluding hydrogens is 240 g/mol. The summed E-state index contributed by atoms with van der Waals surface area (Å²) in [5, 5.41) is 7.37. The lowest BCUT2D eigenvalue weighted by atomic mass is 10.1. The molecule has 0 radical (unpaired) electrons. The van der Waals surface area contributed by atoms with Crippen LogP contribution >= 0.6 is 0 Å². The second kappa shape index (κ2) is 3.68. The first-order chi connectivity index (χ1) is 9.22. The molecule has 0 bridgehead atoms. The largest absolute Gasteiger partial charge is 0.324 e. The molecule has 1 saturated carbocycles. The van der Waals surface area contributed by atoms with Crippen molar-refractivity contribution in [1.29, 1.82) is 0 Å². The number of benzene rings is 1. The van der Waals surface area contributed by atoms with Crippen LogP contribution in [-0.2, 0) is 4.79 Å². The van der Waals surface area contributed by atoms with Gasteiger partial charge in [-0.3, -0.25) is 4.79 Å². The average molecular weight is 254 g/mol. The first-order valence-corrected chi connectivity index (χ1v) is 6.49. The molecule has 1 aromatic heterocycles. The van der Waals surface area contributed by atoms with Crippen LogP contribution in [0.15, 0.2) is 30.5 Å². The van der Waals surface area contributed by atoms with Gasteiger partial charge < -0.3 is 11.1 Å². The van der Waals surface area contributed by atoms with E-state index < -0.39 is 6.04 Å². The Morgan fingerprint density at radius 1 is 1.32 bits per heavy atom. The molecule has 2 aromatic rings. The Balaban J connectivity index is 1.72. The number of rotatable bonds is 2. The average Bonchev–Trinajstić information content (AvgIpc) is 3.08. The normalized spacial score (nSPS) is 21.3. The molecule has 19 heavy (non-hydrogen) atoms. The van der Waals surface area contributed by atoms with Gasteiger partial charge in [0.15, 0.2) is 0 Å². The second-order valence-corrected chi connectivity index (χ2v) is 5.20. The first-order valence-electron chi connectivity index (χ1n) is 6.49. The number of nitrogens with one attached hydrogen (secondary N) is 1. The lowest BCUT2D eigenvalue weighted by Crippen LogP contribution is -2.19. The highest BCUT2D eigenvalue weighted by atomic mass is 16.2. The molecule has 5 nitrogen and oxygen atoms in total. The van der Waals surface area contributed by atoms with E-state index in [4.69, 9.17) is 5.73 Å². The van der Waals surface area contributed by atoms with E-state index >= 15 is 0 Å². The van der Waals surface area contributed by atoms with Crippen molar-refractivity contribution in [2.24, 2.45) is 5.73 Å². The van der Waals surface area contributed by atoms with E-state index in [-0.39, 0.29) is 5.91 Å². The smallest absolute Gasteiger partial charge is 0.245 e. The van der Waals surface area contributed by atoms with Crippen LogP contribution in [0.3, 0.4) is 0 Å². The molecule has 0 spiro atoms. The molecule has 0 saturated heterocycles. The number of nitrogens with zero attached hydrogens (tertiary/aromatic N) is 2. The molecule has 96 valence electrons. The van der Waals surface area contributed by atoms with Gasteiger partial charge in [-0.25, -0.2) is 4.68 Å². The number of hydrogen-bond acceptors (Lipinski definition) is 3. The number of carbonyl (C=O) groups excluding carboxylic acids is 1. The summed E-state index contributed by atoms with van der Waals surface area (Å²) < 4.78 is 1.85. The van der Waals surface area contributed by atoms with E-state index in [9.17, 15) is 4.79 Å². The zero-order chi connectivity index (χ0) is 13.0. The quantitative estimate of drug-likeness (QED) is 0.856. The van der Waals surface area contributed by atoms with Crippen LogP contribution in [0, 0.1) is 0 Å². The van der Waals surface area contributed by atoms with Crippen molar-refractivity contribution in [3.63, 3.8) is 0 Å². The number of amides is 1.